The van der Waals surface area contributed by atoms with Crippen molar-refractivity contribution in [2.24, 2.45) is 5.92 Å². The summed E-state index contributed by atoms with van der Waals surface area (Å²) in [5.74, 6) is -1.69. The van der Waals surface area contributed by atoms with Gasteiger partial charge in [0, 0.05) is 6.26 Å². The molecule has 0 aliphatic carbocycles. The van der Waals surface area contributed by atoms with E-state index in [1.165, 1.54) is 6.07 Å². The number of nitrogens with one attached hydrogen (secondary N) is 1. The van der Waals surface area contributed by atoms with Gasteiger partial charge >= 0.3 is 0 Å². The molecule has 0 amide bonds. The number of hydrogen-bond acceptors (Lipinski definition) is 3. The molecule has 2 rings (SSSR count). The monoisotopic (exact) mass is 289 g/mol. The highest BCUT2D eigenvalue weighted by Crippen LogP contribution is 2.25. The molecule has 0 saturated carbocycles. The summed E-state index contributed by atoms with van der Waals surface area (Å²) < 4.78 is 50.5. The zero-order valence-corrected chi connectivity index (χ0v) is 11.6. The van der Waals surface area contributed by atoms with Gasteiger partial charge in [0.25, 0.3) is 0 Å². The second-order valence-electron chi connectivity index (χ2n) is 5.04. The first-order chi connectivity index (χ1) is 8.89. The molecule has 1 aromatic carbocycles. The number of hydrogen-bond donors (Lipinski definition) is 1. The summed E-state index contributed by atoms with van der Waals surface area (Å²) in [6, 6.07) is 2.37. The van der Waals surface area contributed by atoms with Crippen LogP contribution in [0.1, 0.15) is 18.4 Å². The lowest BCUT2D eigenvalue weighted by Gasteiger charge is -2.23. The maximum absolute atomic E-state index is 14.1. The molecule has 106 valence electrons. The Kier molecular flexibility index (Phi) is 4.20. The molecule has 1 atom stereocenters. The van der Waals surface area contributed by atoms with E-state index >= 15 is 0 Å². The molecule has 6 heteroatoms. The summed E-state index contributed by atoms with van der Waals surface area (Å²) in [5, 5.41) is 3.22. The van der Waals surface area contributed by atoms with Crippen LogP contribution in [0.5, 0.6) is 0 Å². The van der Waals surface area contributed by atoms with E-state index in [2.05, 4.69) is 5.32 Å². The van der Waals surface area contributed by atoms with E-state index in [1.54, 1.807) is 0 Å². The number of rotatable bonds is 3. The number of piperidine rings is 1. The fourth-order valence-electron chi connectivity index (χ4n) is 2.48. The Hall–Kier alpha value is -1.01. The number of halogens is 2. The van der Waals surface area contributed by atoms with Gasteiger partial charge < -0.3 is 5.32 Å². The van der Waals surface area contributed by atoms with Crippen LogP contribution in [0.4, 0.5) is 8.78 Å². The van der Waals surface area contributed by atoms with Gasteiger partial charge in [0.05, 0.1) is 0 Å². The topological polar surface area (TPSA) is 46.2 Å². The molecule has 0 aromatic heterocycles. The van der Waals surface area contributed by atoms with Crippen molar-refractivity contribution in [1.29, 1.82) is 0 Å². The maximum Gasteiger partial charge on any atom is 0.181 e. The van der Waals surface area contributed by atoms with E-state index < -0.39 is 26.4 Å². The molecule has 1 aromatic rings. The van der Waals surface area contributed by atoms with Gasteiger partial charge in [-0.15, -0.1) is 0 Å². The molecule has 1 heterocycles. The lowest BCUT2D eigenvalue weighted by Crippen LogP contribution is -2.31. The molecule has 1 fully saturated rings. The van der Waals surface area contributed by atoms with E-state index in [9.17, 15) is 17.2 Å². The van der Waals surface area contributed by atoms with Crippen molar-refractivity contribution in [1.82, 2.24) is 5.32 Å². The van der Waals surface area contributed by atoms with E-state index in [1.807, 2.05) is 0 Å². The third-order valence-electron chi connectivity index (χ3n) is 3.41. The third kappa shape index (κ3) is 3.30. The lowest BCUT2D eigenvalue weighted by atomic mass is 9.92. The zero-order valence-electron chi connectivity index (χ0n) is 10.7. The minimum atomic E-state index is -3.89. The fourth-order valence-corrected chi connectivity index (χ4v) is 3.36. The molecule has 19 heavy (non-hydrogen) atoms. The van der Waals surface area contributed by atoms with Crippen LogP contribution in [-0.2, 0) is 16.3 Å². The Morgan fingerprint density at radius 1 is 1.37 bits per heavy atom. The highest BCUT2D eigenvalue weighted by atomic mass is 32.2. The Labute approximate surface area is 111 Å². The summed E-state index contributed by atoms with van der Waals surface area (Å²) in [5.41, 5.74) is 0.274. The van der Waals surface area contributed by atoms with Crippen LogP contribution in [0.25, 0.3) is 0 Å². The maximum atomic E-state index is 14.1. The smallest absolute Gasteiger partial charge is 0.181 e. The predicted octanol–water partition coefficient (Wildman–Crippen LogP) is 1.91. The summed E-state index contributed by atoms with van der Waals surface area (Å²) in [6.45, 7) is 1.74. The fraction of sp³-hybridized carbons (Fsp3) is 0.538. The van der Waals surface area contributed by atoms with Gasteiger partial charge in [-0.3, -0.25) is 0 Å². The van der Waals surface area contributed by atoms with Crippen molar-refractivity contribution in [3.63, 3.8) is 0 Å². The standard InChI is InChI=1S/C13H17F2NO2S/c1-19(17,18)13-11(14)5-4-10(12(13)15)7-9-3-2-6-16-8-9/h4-5,9,16H,2-3,6-8H2,1H3. The minimum absolute atomic E-state index is 0.265. The first kappa shape index (κ1) is 14.4. The minimum Gasteiger partial charge on any atom is -0.316 e. The van der Waals surface area contributed by atoms with Crippen LogP contribution < -0.4 is 5.32 Å². The normalized spacial score (nSPS) is 20.5. The van der Waals surface area contributed by atoms with Gasteiger partial charge in [0.1, 0.15) is 16.5 Å². The van der Waals surface area contributed by atoms with Gasteiger partial charge in [0.15, 0.2) is 9.84 Å². The van der Waals surface area contributed by atoms with Crippen LogP contribution in [0.2, 0.25) is 0 Å². The first-order valence-electron chi connectivity index (χ1n) is 6.27. The van der Waals surface area contributed by atoms with Crippen LogP contribution >= 0.6 is 0 Å². The summed E-state index contributed by atoms with van der Waals surface area (Å²) in [6.07, 6.45) is 3.24. The predicted molar refractivity (Wildman–Crippen MR) is 68.8 cm³/mol. The molecular formula is C13H17F2NO2S. The van der Waals surface area contributed by atoms with Crippen molar-refractivity contribution in [3.8, 4) is 0 Å². The number of sulfone groups is 1. The van der Waals surface area contributed by atoms with E-state index in [4.69, 9.17) is 0 Å². The first-order valence-corrected chi connectivity index (χ1v) is 8.16. The summed E-state index contributed by atoms with van der Waals surface area (Å²) >= 11 is 0. The molecule has 0 bridgehead atoms. The molecule has 1 saturated heterocycles. The van der Waals surface area contributed by atoms with E-state index in [-0.39, 0.29) is 11.5 Å². The van der Waals surface area contributed by atoms with Crippen molar-refractivity contribution in [2.75, 3.05) is 19.3 Å². The highest BCUT2D eigenvalue weighted by Gasteiger charge is 2.24. The third-order valence-corrected chi connectivity index (χ3v) is 4.52. The van der Waals surface area contributed by atoms with Gasteiger partial charge in [-0.05, 0) is 49.9 Å². The Morgan fingerprint density at radius 3 is 2.68 bits per heavy atom. The van der Waals surface area contributed by atoms with Crippen LogP contribution in [-0.4, -0.2) is 27.8 Å². The van der Waals surface area contributed by atoms with Gasteiger partial charge in [-0.25, -0.2) is 17.2 Å². The van der Waals surface area contributed by atoms with Crippen molar-refractivity contribution in [3.05, 3.63) is 29.3 Å². The van der Waals surface area contributed by atoms with Gasteiger partial charge in [0.2, 0.25) is 0 Å². The molecule has 0 radical (unpaired) electrons. The van der Waals surface area contributed by atoms with Gasteiger partial charge in [-0.1, -0.05) is 6.07 Å². The Bertz CT molecular complexity index is 566. The summed E-state index contributed by atoms with van der Waals surface area (Å²) in [7, 11) is -3.89. The van der Waals surface area contributed by atoms with Crippen molar-refractivity contribution in [2.45, 2.75) is 24.2 Å². The average molecular weight is 289 g/mol. The molecule has 1 N–H and O–H groups in total. The molecule has 3 nitrogen and oxygen atoms in total. The average Bonchev–Trinajstić information content (AvgIpc) is 2.32. The lowest BCUT2D eigenvalue weighted by molar-refractivity contribution is 0.370. The van der Waals surface area contributed by atoms with E-state index in [0.717, 1.165) is 38.3 Å². The second-order valence-corrected chi connectivity index (χ2v) is 6.99. The highest BCUT2D eigenvalue weighted by molar-refractivity contribution is 7.90. The largest absolute Gasteiger partial charge is 0.316 e. The number of benzene rings is 1. The molecule has 1 unspecified atom stereocenters. The second kappa shape index (κ2) is 5.54. The Balaban J connectivity index is 2.32. The quantitative estimate of drug-likeness (QED) is 0.924. The molecule has 1 aliphatic heterocycles. The van der Waals surface area contributed by atoms with Crippen molar-refractivity contribution < 1.29 is 17.2 Å². The SMILES string of the molecule is CS(=O)(=O)c1c(F)ccc(CC2CCCNC2)c1F. The summed E-state index contributed by atoms with van der Waals surface area (Å²) in [4.78, 5) is -0.811. The van der Waals surface area contributed by atoms with Crippen LogP contribution in [0.15, 0.2) is 17.0 Å². The van der Waals surface area contributed by atoms with Crippen LogP contribution in [0, 0.1) is 17.6 Å². The molecule has 1 aliphatic rings. The Morgan fingerprint density at radius 2 is 2.11 bits per heavy atom. The zero-order chi connectivity index (χ0) is 14.0. The molecule has 0 spiro atoms. The van der Waals surface area contributed by atoms with E-state index in [0.29, 0.717) is 6.42 Å². The van der Waals surface area contributed by atoms with Crippen molar-refractivity contribution >= 4 is 9.84 Å². The molecular weight excluding hydrogens is 272 g/mol. The van der Waals surface area contributed by atoms with Crippen LogP contribution in [0.3, 0.4) is 0 Å². The van der Waals surface area contributed by atoms with Gasteiger partial charge in [-0.2, -0.15) is 0 Å².